The molecule has 0 spiro atoms. The minimum absolute atomic E-state index is 0.214. The lowest BCUT2D eigenvalue weighted by Crippen LogP contribution is -2.25. The minimum Gasteiger partial charge on any atom is -0.350 e. The zero-order chi connectivity index (χ0) is 18.6. The molecule has 0 aliphatic carbocycles. The summed E-state index contributed by atoms with van der Waals surface area (Å²) in [5.74, 6) is 1.37. The van der Waals surface area contributed by atoms with Gasteiger partial charge in [-0.1, -0.05) is 11.2 Å². The standard InChI is InChI=1S/C18H16N6O2S/c1-12-22-18(26-23-12)13-4-6-19-16(9-13)24-10-15(21-11-24)17(25)20-7-5-14-3-2-8-27-14/h2-4,6,8-11H,5,7H2,1H3,(H,20,25). The van der Waals surface area contributed by atoms with Crippen LogP contribution in [0.4, 0.5) is 0 Å². The Morgan fingerprint density at radius 2 is 2.26 bits per heavy atom. The first-order valence-corrected chi connectivity index (χ1v) is 9.19. The molecule has 0 aliphatic heterocycles. The molecular formula is C18H16N6O2S. The first-order valence-electron chi connectivity index (χ1n) is 8.31. The van der Waals surface area contributed by atoms with Gasteiger partial charge in [-0.2, -0.15) is 4.98 Å². The van der Waals surface area contributed by atoms with E-state index < -0.39 is 0 Å². The maximum absolute atomic E-state index is 12.3. The Bertz CT molecular complexity index is 1050. The first kappa shape index (κ1) is 17.1. The molecule has 1 N–H and O–H groups in total. The highest BCUT2D eigenvalue weighted by molar-refractivity contribution is 7.09. The van der Waals surface area contributed by atoms with Crippen LogP contribution in [0.1, 0.15) is 21.2 Å². The fraction of sp³-hybridized carbons (Fsp3) is 0.167. The maximum Gasteiger partial charge on any atom is 0.271 e. The summed E-state index contributed by atoms with van der Waals surface area (Å²) in [5, 5.41) is 8.70. The summed E-state index contributed by atoms with van der Waals surface area (Å²) in [4.78, 5) is 26.2. The molecule has 0 aliphatic rings. The van der Waals surface area contributed by atoms with E-state index in [-0.39, 0.29) is 5.91 Å². The number of imidazole rings is 1. The predicted molar refractivity (Wildman–Crippen MR) is 99.7 cm³/mol. The van der Waals surface area contributed by atoms with Gasteiger partial charge in [0.1, 0.15) is 17.8 Å². The Hall–Kier alpha value is -3.33. The van der Waals surface area contributed by atoms with Crippen LogP contribution < -0.4 is 5.32 Å². The van der Waals surface area contributed by atoms with Gasteiger partial charge in [-0.25, -0.2) is 9.97 Å². The number of aromatic nitrogens is 5. The Morgan fingerprint density at radius 1 is 1.33 bits per heavy atom. The van der Waals surface area contributed by atoms with Crippen LogP contribution in [0.5, 0.6) is 0 Å². The van der Waals surface area contributed by atoms with E-state index in [4.69, 9.17) is 4.52 Å². The van der Waals surface area contributed by atoms with E-state index >= 15 is 0 Å². The SMILES string of the molecule is Cc1noc(-c2ccnc(-n3cnc(C(=O)NCCc4cccs4)c3)c2)n1. The lowest BCUT2D eigenvalue weighted by molar-refractivity contribution is 0.0949. The fourth-order valence-electron chi connectivity index (χ4n) is 2.52. The van der Waals surface area contributed by atoms with Crippen molar-refractivity contribution in [2.45, 2.75) is 13.3 Å². The molecule has 0 bridgehead atoms. The van der Waals surface area contributed by atoms with Crippen molar-refractivity contribution in [3.05, 3.63) is 64.8 Å². The molecule has 0 atom stereocenters. The number of nitrogens with zero attached hydrogens (tertiary/aromatic N) is 5. The van der Waals surface area contributed by atoms with Gasteiger partial charge in [-0.15, -0.1) is 11.3 Å². The molecule has 0 radical (unpaired) electrons. The van der Waals surface area contributed by atoms with E-state index in [0.29, 0.717) is 29.8 Å². The van der Waals surface area contributed by atoms with Crippen molar-refractivity contribution in [3.8, 4) is 17.3 Å². The van der Waals surface area contributed by atoms with Gasteiger partial charge in [0.05, 0.1) is 0 Å². The Morgan fingerprint density at radius 3 is 3.04 bits per heavy atom. The highest BCUT2D eigenvalue weighted by atomic mass is 32.1. The van der Waals surface area contributed by atoms with Gasteiger partial charge >= 0.3 is 0 Å². The first-order chi connectivity index (χ1) is 13.2. The molecule has 4 aromatic rings. The van der Waals surface area contributed by atoms with Gasteiger partial charge in [0.2, 0.25) is 0 Å². The van der Waals surface area contributed by atoms with E-state index in [0.717, 1.165) is 12.0 Å². The average molecular weight is 380 g/mol. The smallest absolute Gasteiger partial charge is 0.271 e. The van der Waals surface area contributed by atoms with Crippen molar-refractivity contribution >= 4 is 17.2 Å². The summed E-state index contributed by atoms with van der Waals surface area (Å²) in [6.45, 7) is 2.32. The Balaban J connectivity index is 1.45. The van der Waals surface area contributed by atoms with E-state index in [1.807, 2.05) is 11.4 Å². The normalized spacial score (nSPS) is 10.9. The zero-order valence-electron chi connectivity index (χ0n) is 14.5. The molecule has 0 fully saturated rings. The molecule has 9 heteroatoms. The van der Waals surface area contributed by atoms with Gasteiger partial charge < -0.3 is 9.84 Å². The van der Waals surface area contributed by atoms with E-state index in [9.17, 15) is 4.79 Å². The lowest BCUT2D eigenvalue weighted by Gasteiger charge is -2.03. The fourth-order valence-corrected chi connectivity index (χ4v) is 3.23. The quantitative estimate of drug-likeness (QED) is 0.552. The molecule has 8 nitrogen and oxygen atoms in total. The second kappa shape index (κ2) is 7.50. The summed E-state index contributed by atoms with van der Waals surface area (Å²) < 4.78 is 6.86. The summed E-state index contributed by atoms with van der Waals surface area (Å²) >= 11 is 1.68. The maximum atomic E-state index is 12.3. The molecule has 136 valence electrons. The number of nitrogens with one attached hydrogen (secondary N) is 1. The van der Waals surface area contributed by atoms with Crippen molar-refractivity contribution < 1.29 is 9.32 Å². The molecule has 27 heavy (non-hydrogen) atoms. The second-order valence-electron chi connectivity index (χ2n) is 5.80. The van der Waals surface area contributed by atoms with E-state index in [1.54, 1.807) is 53.7 Å². The van der Waals surface area contributed by atoms with Gasteiger partial charge in [-0.05, 0) is 36.9 Å². The molecule has 4 aromatic heterocycles. The molecule has 0 saturated carbocycles. The Labute approximate surface area is 158 Å². The van der Waals surface area contributed by atoms with Crippen molar-refractivity contribution in [1.29, 1.82) is 0 Å². The van der Waals surface area contributed by atoms with E-state index in [2.05, 4.69) is 31.5 Å². The molecule has 1 amide bonds. The number of carbonyl (C=O) groups excluding carboxylic acids is 1. The highest BCUT2D eigenvalue weighted by Crippen LogP contribution is 2.19. The van der Waals surface area contributed by atoms with Crippen LogP contribution in [0.25, 0.3) is 17.3 Å². The second-order valence-corrected chi connectivity index (χ2v) is 6.83. The Kier molecular flexibility index (Phi) is 4.75. The molecule has 0 unspecified atom stereocenters. The van der Waals surface area contributed by atoms with Crippen molar-refractivity contribution in [2.24, 2.45) is 0 Å². The number of pyridine rings is 1. The van der Waals surface area contributed by atoms with Crippen LogP contribution in [0.2, 0.25) is 0 Å². The largest absolute Gasteiger partial charge is 0.350 e. The van der Waals surface area contributed by atoms with Gasteiger partial charge in [0.15, 0.2) is 5.82 Å². The number of hydrogen-bond acceptors (Lipinski definition) is 7. The third-order valence-corrected chi connectivity index (χ3v) is 4.77. The zero-order valence-corrected chi connectivity index (χ0v) is 15.3. The number of thiophene rings is 1. The monoisotopic (exact) mass is 380 g/mol. The van der Waals surface area contributed by atoms with Gasteiger partial charge in [0.25, 0.3) is 11.8 Å². The lowest BCUT2D eigenvalue weighted by atomic mass is 10.2. The summed E-state index contributed by atoms with van der Waals surface area (Å²) in [5.41, 5.74) is 1.08. The molecule has 0 aromatic carbocycles. The predicted octanol–water partition coefficient (Wildman–Crippen LogP) is 2.66. The molecule has 0 saturated heterocycles. The third-order valence-electron chi connectivity index (χ3n) is 3.84. The van der Waals surface area contributed by atoms with Crippen LogP contribution in [0.3, 0.4) is 0 Å². The van der Waals surface area contributed by atoms with Crippen molar-refractivity contribution in [3.63, 3.8) is 0 Å². The topological polar surface area (TPSA) is 98.7 Å². The number of amides is 1. The van der Waals surface area contributed by atoms with Gasteiger partial charge in [-0.3, -0.25) is 9.36 Å². The number of rotatable bonds is 6. The average Bonchev–Trinajstić information content (AvgIpc) is 3.43. The minimum atomic E-state index is -0.214. The molecule has 4 heterocycles. The molecule has 4 rings (SSSR count). The van der Waals surface area contributed by atoms with Crippen LogP contribution >= 0.6 is 11.3 Å². The number of hydrogen-bond donors (Lipinski definition) is 1. The number of aryl methyl sites for hydroxylation is 1. The van der Waals surface area contributed by atoms with Crippen LogP contribution in [0.15, 0.2) is 52.9 Å². The van der Waals surface area contributed by atoms with Crippen molar-refractivity contribution in [2.75, 3.05) is 6.54 Å². The summed E-state index contributed by atoms with van der Waals surface area (Å²) in [7, 11) is 0. The highest BCUT2D eigenvalue weighted by Gasteiger charge is 2.12. The van der Waals surface area contributed by atoms with Crippen LogP contribution in [0, 0.1) is 6.92 Å². The van der Waals surface area contributed by atoms with Crippen LogP contribution in [-0.2, 0) is 6.42 Å². The number of carbonyl (C=O) groups is 1. The van der Waals surface area contributed by atoms with E-state index in [1.165, 1.54) is 4.88 Å². The summed E-state index contributed by atoms with van der Waals surface area (Å²) in [6, 6.07) is 7.63. The van der Waals surface area contributed by atoms with Crippen LogP contribution in [-0.4, -0.2) is 37.1 Å². The summed E-state index contributed by atoms with van der Waals surface area (Å²) in [6.07, 6.45) is 5.65. The van der Waals surface area contributed by atoms with Crippen molar-refractivity contribution in [1.82, 2.24) is 30.0 Å². The van der Waals surface area contributed by atoms with Gasteiger partial charge in [0, 0.05) is 29.4 Å². The molecular weight excluding hydrogens is 364 g/mol. The third kappa shape index (κ3) is 3.93.